The number of para-hydroxylation sites is 1. The number of amides is 1. The number of aryl methyl sites for hydroxylation is 2. The summed E-state index contributed by atoms with van der Waals surface area (Å²) in [6.45, 7) is 5.50. The van der Waals surface area contributed by atoms with Crippen molar-refractivity contribution in [3.05, 3.63) is 58.2 Å². The Morgan fingerprint density at radius 2 is 2.03 bits per heavy atom. The number of hydrogen-bond acceptors (Lipinski definition) is 7. The number of aromatic nitrogens is 3. The number of nitrogens with one attached hydrogen (secondary N) is 1. The highest BCUT2D eigenvalue weighted by Crippen LogP contribution is 2.39. The number of thiophene rings is 1. The number of hydrogen-bond donors (Lipinski definition) is 1. The van der Waals surface area contributed by atoms with Crippen LogP contribution < -0.4 is 15.6 Å². The molecule has 0 atom stereocenters. The van der Waals surface area contributed by atoms with Crippen molar-refractivity contribution in [2.24, 2.45) is 7.05 Å². The van der Waals surface area contributed by atoms with Gasteiger partial charge in [0.05, 0.1) is 29.8 Å². The zero-order valence-corrected chi connectivity index (χ0v) is 20.6. The van der Waals surface area contributed by atoms with Gasteiger partial charge < -0.3 is 23.9 Å². The SMILES string of the molecule is C.Cn1c(=O)c2c(OCCN3CCOCC3)c(C(=O)NCCCn3ccnc3)sc2c2ccccc21. The molecule has 5 rings (SSSR count). The van der Waals surface area contributed by atoms with E-state index >= 15 is 0 Å². The molecule has 1 aliphatic heterocycles. The van der Waals surface area contributed by atoms with Gasteiger partial charge in [0, 0.05) is 57.6 Å². The fourth-order valence-corrected chi connectivity index (χ4v) is 5.57. The number of rotatable bonds is 9. The van der Waals surface area contributed by atoms with Gasteiger partial charge in [0.2, 0.25) is 0 Å². The summed E-state index contributed by atoms with van der Waals surface area (Å²) in [6, 6.07) is 7.76. The van der Waals surface area contributed by atoms with E-state index in [1.54, 1.807) is 24.1 Å². The van der Waals surface area contributed by atoms with Crippen molar-refractivity contribution in [1.29, 1.82) is 0 Å². The molecule has 1 fully saturated rings. The Kier molecular flexibility index (Phi) is 8.40. The van der Waals surface area contributed by atoms with Crippen molar-refractivity contribution < 1.29 is 14.3 Å². The Hall–Kier alpha value is -3.21. The molecule has 10 heteroatoms. The highest BCUT2D eigenvalue weighted by atomic mass is 32.1. The predicted molar refractivity (Wildman–Crippen MR) is 143 cm³/mol. The Morgan fingerprint density at radius 1 is 1.22 bits per heavy atom. The largest absolute Gasteiger partial charge is 0.490 e. The zero-order valence-electron chi connectivity index (χ0n) is 19.7. The molecule has 0 spiro atoms. The van der Waals surface area contributed by atoms with Crippen molar-refractivity contribution >= 4 is 38.2 Å². The van der Waals surface area contributed by atoms with Crippen LogP contribution in [0.2, 0.25) is 0 Å². The zero-order chi connectivity index (χ0) is 24.2. The number of ether oxygens (including phenoxy) is 2. The predicted octanol–water partition coefficient (Wildman–Crippen LogP) is 3.12. The van der Waals surface area contributed by atoms with E-state index in [2.05, 4.69) is 15.2 Å². The molecule has 0 aliphatic carbocycles. The second kappa shape index (κ2) is 11.7. The molecule has 9 nitrogen and oxygen atoms in total. The number of benzene rings is 1. The van der Waals surface area contributed by atoms with Crippen LogP contribution in [0.15, 0.2) is 47.8 Å². The monoisotopic (exact) mass is 511 g/mol. The van der Waals surface area contributed by atoms with Crippen LogP contribution in [0.5, 0.6) is 5.75 Å². The molecule has 192 valence electrons. The van der Waals surface area contributed by atoms with Crippen LogP contribution in [0.4, 0.5) is 0 Å². The maximum Gasteiger partial charge on any atom is 0.265 e. The van der Waals surface area contributed by atoms with E-state index in [-0.39, 0.29) is 18.9 Å². The molecule has 1 saturated heterocycles. The molecule has 4 heterocycles. The molecule has 36 heavy (non-hydrogen) atoms. The van der Waals surface area contributed by atoms with Crippen LogP contribution in [0.1, 0.15) is 23.5 Å². The summed E-state index contributed by atoms with van der Waals surface area (Å²) in [7, 11) is 1.76. The maximum atomic E-state index is 13.4. The number of fused-ring (bicyclic) bond motifs is 3. The lowest BCUT2D eigenvalue weighted by molar-refractivity contribution is 0.0323. The molecule has 0 radical (unpaired) electrons. The van der Waals surface area contributed by atoms with E-state index in [0.717, 1.165) is 41.7 Å². The van der Waals surface area contributed by atoms with Crippen molar-refractivity contribution in [2.75, 3.05) is 46.0 Å². The van der Waals surface area contributed by atoms with E-state index in [1.807, 2.05) is 35.0 Å². The minimum atomic E-state index is -0.218. The van der Waals surface area contributed by atoms with Crippen LogP contribution in [-0.4, -0.2) is 70.9 Å². The Morgan fingerprint density at radius 3 is 2.81 bits per heavy atom. The molecule has 0 saturated carbocycles. The molecule has 1 amide bonds. The van der Waals surface area contributed by atoms with E-state index in [4.69, 9.17) is 9.47 Å². The van der Waals surface area contributed by atoms with Gasteiger partial charge in [-0.1, -0.05) is 25.6 Å². The lowest BCUT2D eigenvalue weighted by atomic mass is 10.1. The van der Waals surface area contributed by atoms with Crippen molar-refractivity contribution in [1.82, 2.24) is 24.3 Å². The first kappa shape index (κ1) is 25.9. The summed E-state index contributed by atoms with van der Waals surface area (Å²) < 4.78 is 16.0. The molecule has 3 aromatic heterocycles. The highest BCUT2D eigenvalue weighted by Gasteiger charge is 2.25. The lowest BCUT2D eigenvalue weighted by Gasteiger charge is -2.26. The van der Waals surface area contributed by atoms with Gasteiger partial charge in [0.25, 0.3) is 11.5 Å². The summed E-state index contributed by atoms with van der Waals surface area (Å²) in [5, 5.41) is 4.42. The van der Waals surface area contributed by atoms with Gasteiger partial charge in [-0.25, -0.2) is 4.98 Å². The number of morpholine rings is 1. The average molecular weight is 512 g/mol. The van der Waals surface area contributed by atoms with Gasteiger partial charge in [0.15, 0.2) is 5.75 Å². The molecule has 0 bridgehead atoms. The average Bonchev–Trinajstić information content (AvgIpc) is 3.54. The lowest BCUT2D eigenvalue weighted by Crippen LogP contribution is -2.38. The summed E-state index contributed by atoms with van der Waals surface area (Å²) in [4.78, 5) is 33.4. The second-order valence-corrected chi connectivity index (χ2v) is 9.58. The highest BCUT2D eigenvalue weighted by molar-refractivity contribution is 7.22. The fourth-order valence-electron chi connectivity index (χ4n) is 4.39. The number of carbonyl (C=O) groups is 1. The third-order valence-electron chi connectivity index (χ3n) is 6.29. The fraction of sp³-hybridized carbons (Fsp3) is 0.423. The van der Waals surface area contributed by atoms with Gasteiger partial charge >= 0.3 is 0 Å². The van der Waals surface area contributed by atoms with E-state index in [9.17, 15) is 9.59 Å². The summed E-state index contributed by atoms with van der Waals surface area (Å²) in [5.41, 5.74) is 0.675. The smallest absolute Gasteiger partial charge is 0.265 e. The van der Waals surface area contributed by atoms with Crippen LogP contribution >= 0.6 is 11.3 Å². The quantitative estimate of drug-likeness (QED) is 0.347. The molecule has 1 N–H and O–H groups in total. The summed E-state index contributed by atoms with van der Waals surface area (Å²) >= 11 is 1.33. The third-order valence-corrected chi connectivity index (χ3v) is 7.50. The van der Waals surface area contributed by atoms with Crippen molar-refractivity contribution in [3.63, 3.8) is 0 Å². The Bertz CT molecular complexity index is 1370. The minimum absolute atomic E-state index is 0. The standard InChI is InChI=1S/C25H29N5O4S.CH4/c1-28-19-6-3-2-5-18(19)22-20(25(28)32)21(34-16-13-29-11-14-33-15-12-29)23(35-22)24(31)27-7-4-9-30-10-8-26-17-30;/h2-3,5-6,8,10,17H,4,7,9,11-16H2,1H3,(H,27,31);1H4. The first-order chi connectivity index (χ1) is 17.1. The van der Waals surface area contributed by atoms with Crippen LogP contribution in [-0.2, 0) is 18.3 Å². The van der Waals surface area contributed by atoms with E-state index < -0.39 is 0 Å². The molecule has 4 aromatic rings. The normalized spacial score (nSPS) is 14.1. The topological polar surface area (TPSA) is 90.6 Å². The van der Waals surface area contributed by atoms with Gasteiger partial charge in [-0.3, -0.25) is 14.5 Å². The number of nitrogens with zero attached hydrogens (tertiary/aromatic N) is 4. The first-order valence-corrected chi connectivity index (χ1v) is 12.7. The molecular formula is C26H33N5O4S. The minimum Gasteiger partial charge on any atom is -0.490 e. The maximum absolute atomic E-state index is 13.4. The number of imidazole rings is 1. The van der Waals surface area contributed by atoms with Crippen molar-refractivity contribution in [2.45, 2.75) is 20.4 Å². The molecule has 0 unspecified atom stereocenters. The molecule has 1 aliphatic rings. The molecule has 1 aromatic carbocycles. The Balaban J connectivity index is 0.00000304. The third kappa shape index (κ3) is 5.30. The van der Waals surface area contributed by atoms with Crippen LogP contribution in [0, 0.1) is 0 Å². The van der Waals surface area contributed by atoms with Crippen LogP contribution in [0.3, 0.4) is 0 Å². The molecular weight excluding hydrogens is 478 g/mol. The van der Waals surface area contributed by atoms with Crippen molar-refractivity contribution in [3.8, 4) is 5.75 Å². The number of carbonyl (C=O) groups excluding carboxylic acids is 1. The first-order valence-electron chi connectivity index (χ1n) is 11.8. The number of pyridine rings is 1. The Labute approximate surface area is 214 Å². The summed E-state index contributed by atoms with van der Waals surface area (Å²) in [5.74, 6) is 0.168. The van der Waals surface area contributed by atoms with Gasteiger partial charge in [-0.2, -0.15) is 0 Å². The van der Waals surface area contributed by atoms with Gasteiger partial charge in [-0.05, 0) is 12.5 Å². The van der Waals surface area contributed by atoms with Gasteiger partial charge in [-0.15, -0.1) is 11.3 Å². The van der Waals surface area contributed by atoms with E-state index in [1.165, 1.54) is 11.3 Å². The summed E-state index contributed by atoms with van der Waals surface area (Å²) in [6.07, 6.45) is 6.16. The van der Waals surface area contributed by atoms with Crippen LogP contribution in [0.25, 0.3) is 21.0 Å². The second-order valence-electron chi connectivity index (χ2n) is 8.56. The van der Waals surface area contributed by atoms with E-state index in [0.29, 0.717) is 48.9 Å². The van der Waals surface area contributed by atoms with Gasteiger partial charge in [0.1, 0.15) is 16.9 Å².